The highest BCUT2D eigenvalue weighted by atomic mass is 16.4. The summed E-state index contributed by atoms with van der Waals surface area (Å²) in [5.41, 5.74) is 0. The number of carboxylic acid groups (broad SMARTS) is 1. The molecule has 2 rings (SSSR count). The van der Waals surface area contributed by atoms with Gasteiger partial charge in [0, 0.05) is 24.7 Å². The number of aliphatic carboxylic acids is 1. The van der Waals surface area contributed by atoms with E-state index in [1.165, 1.54) is 6.42 Å². The van der Waals surface area contributed by atoms with Gasteiger partial charge in [0.1, 0.15) is 0 Å². The van der Waals surface area contributed by atoms with Crippen molar-refractivity contribution in [3.8, 4) is 0 Å². The highest BCUT2D eigenvalue weighted by Crippen LogP contribution is 2.35. The predicted molar refractivity (Wildman–Crippen MR) is 67.4 cm³/mol. The molecule has 2 N–H and O–H groups in total. The van der Waals surface area contributed by atoms with Gasteiger partial charge in [0.25, 0.3) is 5.91 Å². The van der Waals surface area contributed by atoms with E-state index in [1.807, 2.05) is 0 Å². The third kappa shape index (κ3) is 3.33. The van der Waals surface area contributed by atoms with Crippen LogP contribution in [0.1, 0.15) is 32.1 Å². The number of nitrogens with one attached hydrogen (secondary N) is 1. The van der Waals surface area contributed by atoms with Crippen molar-refractivity contribution in [3.63, 3.8) is 0 Å². The summed E-state index contributed by atoms with van der Waals surface area (Å²) in [6.07, 6.45) is 7.06. The molecule has 1 saturated carbocycles. The van der Waals surface area contributed by atoms with Crippen LogP contribution in [0.25, 0.3) is 0 Å². The minimum Gasteiger partial charge on any atom is -0.478 e. The van der Waals surface area contributed by atoms with Crippen LogP contribution in [0.5, 0.6) is 0 Å². The molecule has 2 atom stereocenters. The van der Waals surface area contributed by atoms with Gasteiger partial charge in [-0.05, 0) is 25.2 Å². The quantitative estimate of drug-likeness (QED) is 0.733. The fourth-order valence-electron chi connectivity index (χ4n) is 3.02. The summed E-state index contributed by atoms with van der Waals surface area (Å²) in [5, 5.41) is 10.6. The van der Waals surface area contributed by atoms with Gasteiger partial charge in [-0.2, -0.15) is 0 Å². The zero-order valence-electron chi connectivity index (χ0n) is 10.7. The predicted octanol–water partition coefficient (Wildman–Crippen LogP) is 1.13. The number of carbonyl (C=O) groups is 3. The van der Waals surface area contributed by atoms with Gasteiger partial charge in [-0.1, -0.05) is 12.8 Å². The minimum atomic E-state index is -1.21. The number of likely N-dealkylation sites (tertiary alicyclic amines) is 1. The fourth-order valence-corrected chi connectivity index (χ4v) is 3.02. The summed E-state index contributed by atoms with van der Waals surface area (Å²) in [6.45, 7) is 0.678. The number of hydrogen-bond acceptors (Lipinski definition) is 3. The molecule has 0 aromatic rings. The fraction of sp³-hybridized carbons (Fsp3) is 0.615. The van der Waals surface area contributed by atoms with E-state index in [1.54, 1.807) is 4.90 Å². The summed E-state index contributed by atoms with van der Waals surface area (Å²) < 4.78 is 0. The average Bonchev–Trinajstić information content (AvgIpc) is 2.80. The Balaban J connectivity index is 1.89. The Hall–Kier alpha value is -1.85. The van der Waals surface area contributed by atoms with E-state index >= 15 is 0 Å². The van der Waals surface area contributed by atoms with Crippen LogP contribution in [0.4, 0.5) is 4.79 Å². The normalized spacial score (nSPS) is 26.2. The lowest BCUT2D eigenvalue weighted by molar-refractivity contribution is -0.131. The molecular weight excluding hydrogens is 248 g/mol. The van der Waals surface area contributed by atoms with E-state index in [0.29, 0.717) is 12.5 Å². The summed E-state index contributed by atoms with van der Waals surface area (Å²) in [6, 6.07) is -0.167. The molecule has 6 heteroatoms. The van der Waals surface area contributed by atoms with Crippen LogP contribution in [0.2, 0.25) is 0 Å². The van der Waals surface area contributed by atoms with Crippen molar-refractivity contribution in [2.45, 2.75) is 38.1 Å². The summed E-state index contributed by atoms with van der Waals surface area (Å²) in [7, 11) is 0. The van der Waals surface area contributed by atoms with Gasteiger partial charge in [-0.3, -0.25) is 10.1 Å². The Morgan fingerprint density at radius 3 is 2.58 bits per heavy atom. The number of nitrogens with zero attached hydrogens (tertiary/aromatic N) is 1. The van der Waals surface area contributed by atoms with Gasteiger partial charge in [0.05, 0.1) is 0 Å². The molecule has 0 spiro atoms. The maximum atomic E-state index is 12.0. The van der Waals surface area contributed by atoms with Crippen LogP contribution in [0.15, 0.2) is 12.2 Å². The zero-order valence-corrected chi connectivity index (χ0v) is 10.7. The SMILES string of the molecule is O=C(O)/C=C/C(=O)NC(=O)N1CCC2CCCCC21. The van der Waals surface area contributed by atoms with Gasteiger partial charge in [0.2, 0.25) is 0 Å². The number of urea groups is 1. The lowest BCUT2D eigenvalue weighted by atomic mass is 9.85. The van der Waals surface area contributed by atoms with Crippen LogP contribution in [0, 0.1) is 5.92 Å². The smallest absolute Gasteiger partial charge is 0.328 e. The molecule has 0 bridgehead atoms. The second-order valence-corrected chi connectivity index (χ2v) is 5.06. The lowest BCUT2D eigenvalue weighted by Gasteiger charge is -2.31. The highest BCUT2D eigenvalue weighted by molar-refractivity contribution is 6.02. The van der Waals surface area contributed by atoms with Gasteiger partial charge in [-0.25, -0.2) is 9.59 Å². The van der Waals surface area contributed by atoms with Crippen LogP contribution >= 0.6 is 0 Å². The molecule has 6 nitrogen and oxygen atoms in total. The largest absolute Gasteiger partial charge is 0.478 e. The molecule has 1 heterocycles. The third-order valence-electron chi connectivity index (χ3n) is 3.88. The van der Waals surface area contributed by atoms with E-state index in [2.05, 4.69) is 5.32 Å². The van der Waals surface area contributed by atoms with Crippen LogP contribution in [-0.4, -0.2) is 40.5 Å². The molecule has 1 aliphatic carbocycles. The Morgan fingerprint density at radius 2 is 1.84 bits per heavy atom. The molecule has 1 saturated heterocycles. The van der Waals surface area contributed by atoms with E-state index in [9.17, 15) is 14.4 Å². The molecular formula is C13H18N2O4. The molecule has 3 amide bonds. The van der Waals surface area contributed by atoms with Crippen molar-refractivity contribution in [2.24, 2.45) is 5.92 Å². The first-order chi connectivity index (χ1) is 9.08. The zero-order chi connectivity index (χ0) is 13.8. The van der Waals surface area contributed by atoms with Gasteiger partial charge in [-0.15, -0.1) is 0 Å². The second-order valence-electron chi connectivity index (χ2n) is 5.06. The number of carbonyl (C=O) groups excluding carboxylic acids is 2. The maximum absolute atomic E-state index is 12.0. The van der Waals surface area contributed by atoms with E-state index in [-0.39, 0.29) is 6.04 Å². The highest BCUT2D eigenvalue weighted by Gasteiger charge is 2.38. The molecule has 2 unspecified atom stereocenters. The van der Waals surface area contributed by atoms with Crippen LogP contribution in [0.3, 0.4) is 0 Å². The Bertz CT molecular complexity index is 419. The van der Waals surface area contributed by atoms with Gasteiger partial charge >= 0.3 is 12.0 Å². The topological polar surface area (TPSA) is 86.7 Å². The maximum Gasteiger partial charge on any atom is 0.328 e. The monoisotopic (exact) mass is 266 g/mol. The summed E-state index contributed by atoms with van der Waals surface area (Å²) in [5.74, 6) is -1.34. The standard InChI is InChI=1S/C13H18N2O4/c16-11(5-6-12(17)18)14-13(19)15-8-7-9-3-1-2-4-10(9)15/h5-6,9-10H,1-4,7-8H2,(H,17,18)(H,14,16,19)/b6-5+. The molecule has 0 aromatic heterocycles. The Labute approximate surface area is 111 Å². The Kier molecular flexibility index (Phi) is 4.19. The first-order valence-electron chi connectivity index (χ1n) is 6.60. The number of imide groups is 1. The number of amides is 3. The first-order valence-corrected chi connectivity index (χ1v) is 6.60. The molecule has 1 aliphatic heterocycles. The molecule has 2 aliphatic rings. The Morgan fingerprint density at radius 1 is 1.11 bits per heavy atom. The van der Waals surface area contributed by atoms with Crippen molar-refractivity contribution in [1.82, 2.24) is 10.2 Å². The van der Waals surface area contributed by atoms with Gasteiger partial charge < -0.3 is 10.0 Å². The van der Waals surface area contributed by atoms with Crippen LogP contribution in [-0.2, 0) is 9.59 Å². The summed E-state index contributed by atoms with van der Waals surface area (Å²) in [4.78, 5) is 35.3. The lowest BCUT2D eigenvalue weighted by Crippen LogP contribution is -2.46. The van der Waals surface area contributed by atoms with Crippen molar-refractivity contribution < 1.29 is 19.5 Å². The number of hydrogen-bond donors (Lipinski definition) is 2. The third-order valence-corrected chi connectivity index (χ3v) is 3.88. The molecule has 0 radical (unpaired) electrons. The van der Waals surface area contributed by atoms with Crippen molar-refractivity contribution in [2.75, 3.05) is 6.54 Å². The number of fused-ring (bicyclic) bond motifs is 1. The first kappa shape index (κ1) is 13.6. The second kappa shape index (κ2) is 5.86. The van der Waals surface area contributed by atoms with Crippen molar-refractivity contribution in [1.29, 1.82) is 0 Å². The molecule has 0 aromatic carbocycles. The van der Waals surface area contributed by atoms with Crippen LogP contribution < -0.4 is 5.32 Å². The molecule has 2 fully saturated rings. The van der Waals surface area contributed by atoms with Crippen molar-refractivity contribution >= 4 is 17.9 Å². The summed E-state index contributed by atoms with van der Waals surface area (Å²) >= 11 is 0. The molecule has 104 valence electrons. The number of rotatable bonds is 2. The minimum absolute atomic E-state index is 0.241. The van der Waals surface area contributed by atoms with E-state index in [4.69, 9.17) is 5.11 Å². The molecule has 19 heavy (non-hydrogen) atoms. The van der Waals surface area contributed by atoms with Crippen molar-refractivity contribution in [3.05, 3.63) is 12.2 Å². The average molecular weight is 266 g/mol. The van der Waals surface area contributed by atoms with E-state index in [0.717, 1.165) is 37.8 Å². The number of carboxylic acids is 1. The van der Waals surface area contributed by atoms with Gasteiger partial charge in [0.15, 0.2) is 0 Å². The van der Waals surface area contributed by atoms with E-state index < -0.39 is 17.9 Å².